The van der Waals surface area contributed by atoms with Gasteiger partial charge in [0.05, 0.1) is 5.75 Å². The maximum atomic E-state index is 13.6. The second-order valence-electron chi connectivity index (χ2n) is 5.12. The van der Waals surface area contributed by atoms with Gasteiger partial charge in [0.2, 0.25) is 11.8 Å². The predicted octanol–water partition coefficient (Wildman–Crippen LogP) is 3.77. The molecule has 0 spiro atoms. The van der Waals surface area contributed by atoms with Crippen LogP contribution in [0.15, 0.2) is 28.7 Å². The standard InChI is InChI=1S/C15H18FN3O2S/c1-9(2)14-18-19-15(21-14)17-13(20)8-22-10(3)11-6-4-5-7-12(11)16/h4-7,9-10H,8H2,1-3H3,(H,17,19,20)/t10-/m0/s1. The summed E-state index contributed by atoms with van der Waals surface area (Å²) in [5.74, 6) is 0.236. The summed E-state index contributed by atoms with van der Waals surface area (Å²) < 4.78 is 18.9. The van der Waals surface area contributed by atoms with Crippen molar-refractivity contribution in [1.29, 1.82) is 0 Å². The molecule has 1 aromatic heterocycles. The first-order valence-electron chi connectivity index (χ1n) is 6.96. The SMILES string of the molecule is CC(C)c1nnc(NC(=O)CS[C@@H](C)c2ccccc2F)o1. The molecule has 1 N–H and O–H groups in total. The fourth-order valence-corrected chi connectivity index (χ4v) is 2.61. The smallest absolute Gasteiger partial charge is 0.322 e. The molecule has 2 rings (SSSR count). The van der Waals surface area contributed by atoms with E-state index in [0.717, 1.165) is 0 Å². The molecule has 1 heterocycles. The summed E-state index contributed by atoms with van der Waals surface area (Å²) in [6.45, 7) is 5.70. The topological polar surface area (TPSA) is 68.0 Å². The Morgan fingerprint density at radius 3 is 2.68 bits per heavy atom. The van der Waals surface area contributed by atoms with Crippen LogP contribution in [0.25, 0.3) is 0 Å². The fourth-order valence-electron chi connectivity index (χ4n) is 1.77. The lowest BCUT2D eigenvalue weighted by Crippen LogP contribution is -2.15. The summed E-state index contributed by atoms with van der Waals surface area (Å²) in [5.41, 5.74) is 0.584. The van der Waals surface area contributed by atoms with Crippen molar-refractivity contribution in [2.45, 2.75) is 31.9 Å². The molecule has 5 nitrogen and oxygen atoms in total. The highest BCUT2D eigenvalue weighted by Crippen LogP contribution is 2.29. The third-order valence-electron chi connectivity index (χ3n) is 2.99. The lowest BCUT2D eigenvalue weighted by molar-refractivity contribution is -0.113. The molecule has 0 saturated carbocycles. The number of carbonyl (C=O) groups excluding carboxylic acids is 1. The van der Waals surface area contributed by atoms with E-state index in [0.29, 0.717) is 11.5 Å². The number of nitrogens with zero attached hydrogens (tertiary/aromatic N) is 2. The second kappa shape index (κ2) is 7.40. The van der Waals surface area contributed by atoms with Gasteiger partial charge in [-0.3, -0.25) is 10.1 Å². The van der Waals surface area contributed by atoms with Gasteiger partial charge in [-0.05, 0) is 13.0 Å². The summed E-state index contributed by atoms with van der Waals surface area (Å²) in [7, 11) is 0. The van der Waals surface area contributed by atoms with Crippen molar-refractivity contribution in [1.82, 2.24) is 10.2 Å². The number of carbonyl (C=O) groups is 1. The number of rotatable bonds is 6. The van der Waals surface area contributed by atoms with Crippen molar-refractivity contribution in [2.75, 3.05) is 11.1 Å². The van der Waals surface area contributed by atoms with Gasteiger partial charge in [-0.15, -0.1) is 16.9 Å². The van der Waals surface area contributed by atoms with Crippen LogP contribution in [-0.4, -0.2) is 21.9 Å². The van der Waals surface area contributed by atoms with Gasteiger partial charge < -0.3 is 4.42 Å². The number of hydrogen-bond donors (Lipinski definition) is 1. The average Bonchev–Trinajstić information content (AvgIpc) is 2.94. The lowest BCUT2D eigenvalue weighted by Gasteiger charge is -2.11. The molecule has 0 aliphatic heterocycles. The summed E-state index contributed by atoms with van der Waals surface area (Å²) in [4.78, 5) is 11.9. The Hall–Kier alpha value is -1.89. The minimum absolute atomic E-state index is 0.0906. The first kappa shape index (κ1) is 16.5. The molecule has 118 valence electrons. The number of aromatic nitrogens is 2. The number of amides is 1. The van der Waals surface area contributed by atoms with Crippen LogP contribution in [0.3, 0.4) is 0 Å². The van der Waals surface area contributed by atoms with Crippen LogP contribution < -0.4 is 5.32 Å². The van der Waals surface area contributed by atoms with E-state index in [1.54, 1.807) is 18.2 Å². The number of thioether (sulfide) groups is 1. The van der Waals surface area contributed by atoms with Crippen LogP contribution in [0.4, 0.5) is 10.4 Å². The van der Waals surface area contributed by atoms with Crippen molar-refractivity contribution in [3.05, 3.63) is 41.5 Å². The fraction of sp³-hybridized carbons (Fsp3) is 0.400. The Kier molecular flexibility index (Phi) is 5.54. The van der Waals surface area contributed by atoms with Crippen LogP contribution in [0, 0.1) is 5.82 Å². The first-order chi connectivity index (χ1) is 10.5. The van der Waals surface area contributed by atoms with Crippen LogP contribution in [0.5, 0.6) is 0 Å². The van der Waals surface area contributed by atoms with E-state index in [4.69, 9.17) is 4.42 Å². The van der Waals surface area contributed by atoms with Gasteiger partial charge >= 0.3 is 6.01 Å². The minimum atomic E-state index is -0.263. The largest absolute Gasteiger partial charge is 0.408 e. The first-order valence-corrected chi connectivity index (χ1v) is 8.01. The molecule has 0 bridgehead atoms. The summed E-state index contributed by atoms with van der Waals surface area (Å²) in [6.07, 6.45) is 0. The maximum Gasteiger partial charge on any atom is 0.322 e. The highest BCUT2D eigenvalue weighted by molar-refractivity contribution is 8.00. The van der Waals surface area contributed by atoms with E-state index in [2.05, 4.69) is 15.5 Å². The summed E-state index contributed by atoms with van der Waals surface area (Å²) >= 11 is 1.34. The molecule has 0 aliphatic carbocycles. The third-order valence-corrected chi connectivity index (χ3v) is 4.17. The van der Waals surface area contributed by atoms with Gasteiger partial charge in [-0.2, -0.15) is 0 Å². The maximum absolute atomic E-state index is 13.6. The molecular weight excluding hydrogens is 305 g/mol. The molecular formula is C15H18FN3O2S. The summed E-state index contributed by atoms with van der Waals surface area (Å²) in [6, 6.07) is 6.65. The highest BCUT2D eigenvalue weighted by atomic mass is 32.2. The van der Waals surface area contributed by atoms with E-state index in [9.17, 15) is 9.18 Å². The number of nitrogens with one attached hydrogen (secondary N) is 1. The number of halogens is 1. The van der Waals surface area contributed by atoms with Crippen molar-refractivity contribution in [3.63, 3.8) is 0 Å². The van der Waals surface area contributed by atoms with Crippen molar-refractivity contribution in [2.24, 2.45) is 0 Å². The van der Waals surface area contributed by atoms with Gasteiger partial charge in [0.1, 0.15) is 5.82 Å². The van der Waals surface area contributed by atoms with Crippen molar-refractivity contribution < 1.29 is 13.6 Å². The molecule has 0 radical (unpaired) electrons. The molecule has 22 heavy (non-hydrogen) atoms. The normalized spacial score (nSPS) is 12.4. The molecule has 2 aromatic rings. The molecule has 1 aromatic carbocycles. The monoisotopic (exact) mass is 323 g/mol. The zero-order valence-corrected chi connectivity index (χ0v) is 13.5. The molecule has 0 aliphatic rings. The number of anilines is 1. The number of hydrogen-bond acceptors (Lipinski definition) is 5. The van der Waals surface area contributed by atoms with Crippen LogP contribution in [0.1, 0.15) is 43.4 Å². The molecule has 1 amide bonds. The Bertz CT molecular complexity index is 645. The Morgan fingerprint density at radius 2 is 2.05 bits per heavy atom. The minimum Gasteiger partial charge on any atom is -0.408 e. The van der Waals surface area contributed by atoms with Crippen LogP contribution in [0.2, 0.25) is 0 Å². The lowest BCUT2D eigenvalue weighted by atomic mass is 10.1. The molecule has 0 fully saturated rings. The van der Waals surface area contributed by atoms with Crippen LogP contribution in [-0.2, 0) is 4.79 Å². The zero-order chi connectivity index (χ0) is 16.1. The van der Waals surface area contributed by atoms with Crippen molar-refractivity contribution >= 4 is 23.7 Å². The highest BCUT2D eigenvalue weighted by Gasteiger charge is 2.15. The Labute approximate surface area is 132 Å². The van der Waals surface area contributed by atoms with Gasteiger partial charge in [-0.25, -0.2) is 4.39 Å². The van der Waals surface area contributed by atoms with Gasteiger partial charge in [-0.1, -0.05) is 37.1 Å². The second-order valence-corrected chi connectivity index (χ2v) is 6.45. The molecule has 7 heteroatoms. The van der Waals surface area contributed by atoms with E-state index in [-0.39, 0.29) is 34.7 Å². The predicted molar refractivity (Wildman–Crippen MR) is 84.3 cm³/mol. The van der Waals surface area contributed by atoms with Crippen LogP contribution >= 0.6 is 11.8 Å². The van der Waals surface area contributed by atoms with Gasteiger partial charge in [0.25, 0.3) is 0 Å². The quantitative estimate of drug-likeness (QED) is 0.876. The number of benzene rings is 1. The van der Waals surface area contributed by atoms with Gasteiger partial charge in [0.15, 0.2) is 0 Å². The van der Waals surface area contributed by atoms with E-state index < -0.39 is 0 Å². The average molecular weight is 323 g/mol. The Morgan fingerprint density at radius 1 is 1.32 bits per heavy atom. The van der Waals surface area contributed by atoms with E-state index in [1.165, 1.54) is 17.8 Å². The van der Waals surface area contributed by atoms with E-state index in [1.807, 2.05) is 20.8 Å². The Balaban J connectivity index is 1.86. The zero-order valence-electron chi connectivity index (χ0n) is 12.7. The van der Waals surface area contributed by atoms with E-state index >= 15 is 0 Å². The summed E-state index contributed by atoms with van der Waals surface area (Å²) in [5, 5.41) is 10.0. The van der Waals surface area contributed by atoms with Crippen molar-refractivity contribution in [3.8, 4) is 0 Å². The van der Waals surface area contributed by atoms with Gasteiger partial charge in [0, 0.05) is 16.7 Å². The third kappa shape index (κ3) is 4.30. The molecule has 0 saturated heterocycles. The molecule has 0 unspecified atom stereocenters. The molecule has 1 atom stereocenters.